The molecule has 0 bridgehead atoms. The molecule has 0 unspecified atom stereocenters. The van der Waals surface area contributed by atoms with Crippen molar-refractivity contribution in [3.05, 3.63) is 65.2 Å². The summed E-state index contributed by atoms with van der Waals surface area (Å²) < 4.78 is 22.6. The Labute approximate surface area is 178 Å². The van der Waals surface area contributed by atoms with Crippen molar-refractivity contribution in [3.63, 3.8) is 0 Å². The van der Waals surface area contributed by atoms with Gasteiger partial charge in [0.2, 0.25) is 10.0 Å². The molecule has 0 fully saturated rings. The summed E-state index contributed by atoms with van der Waals surface area (Å²) >= 11 is 0. The summed E-state index contributed by atoms with van der Waals surface area (Å²) in [5, 5.41) is 11.7. The Bertz CT molecular complexity index is 852. The molecular formula is C19H27IN4O2S. The lowest BCUT2D eigenvalue weighted by atomic mass is 10.1. The third-order valence-corrected chi connectivity index (χ3v) is 4.89. The fourth-order valence-corrected chi connectivity index (χ4v) is 3.07. The third kappa shape index (κ3) is 7.47. The highest BCUT2D eigenvalue weighted by atomic mass is 127. The van der Waals surface area contributed by atoms with Crippen molar-refractivity contribution in [2.24, 2.45) is 10.1 Å². The van der Waals surface area contributed by atoms with Gasteiger partial charge in [0.15, 0.2) is 5.96 Å². The second-order valence-electron chi connectivity index (χ2n) is 5.86. The topological polar surface area (TPSA) is 96.6 Å². The number of primary sulfonamides is 1. The molecule has 148 valence electrons. The molecule has 0 saturated carbocycles. The van der Waals surface area contributed by atoms with Gasteiger partial charge in [0.25, 0.3) is 0 Å². The molecule has 2 rings (SSSR count). The van der Waals surface area contributed by atoms with E-state index in [2.05, 4.69) is 34.7 Å². The van der Waals surface area contributed by atoms with Gasteiger partial charge in [-0.3, -0.25) is 0 Å². The summed E-state index contributed by atoms with van der Waals surface area (Å²) in [7, 11) is -3.67. The lowest BCUT2D eigenvalue weighted by Gasteiger charge is -2.13. The van der Waals surface area contributed by atoms with Gasteiger partial charge in [0.05, 0.1) is 11.4 Å². The lowest BCUT2D eigenvalue weighted by molar-refractivity contribution is 0.598. The molecule has 0 spiro atoms. The van der Waals surface area contributed by atoms with Crippen LogP contribution in [0.25, 0.3) is 0 Å². The van der Waals surface area contributed by atoms with Crippen molar-refractivity contribution >= 4 is 40.0 Å². The van der Waals surface area contributed by atoms with Crippen LogP contribution in [0, 0.1) is 0 Å². The van der Waals surface area contributed by atoms with Gasteiger partial charge in [-0.2, -0.15) is 0 Å². The number of hydrogen-bond acceptors (Lipinski definition) is 3. The molecule has 0 heterocycles. The van der Waals surface area contributed by atoms with Crippen LogP contribution >= 0.6 is 24.0 Å². The van der Waals surface area contributed by atoms with Gasteiger partial charge in [-0.1, -0.05) is 43.3 Å². The highest BCUT2D eigenvalue weighted by Gasteiger charge is 2.07. The van der Waals surface area contributed by atoms with E-state index in [1.165, 1.54) is 23.3 Å². The summed E-state index contributed by atoms with van der Waals surface area (Å²) in [4.78, 5) is 4.66. The van der Waals surface area contributed by atoms with Crippen LogP contribution in [0.1, 0.15) is 30.5 Å². The molecule has 0 amide bonds. The summed E-state index contributed by atoms with van der Waals surface area (Å²) in [6.07, 6.45) is 0.988. The quantitative estimate of drug-likeness (QED) is 0.308. The van der Waals surface area contributed by atoms with Gasteiger partial charge in [0, 0.05) is 13.1 Å². The summed E-state index contributed by atoms with van der Waals surface area (Å²) in [5.74, 6) is 0.717. The van der Waals surface area contributed by atoms with E-state index in [1.807, 2.05) is 19.1 Å². The standard InChI is InChI=1S/C19H26N4O2S.HI/c1-3-16-7-5-6-8-17(16)14-23-19(21-4-2)22-13-15-9-11-18(12-10-15)26(20,24)25;/h5-12H,3-4,13-14H2,1-2H3,(H2,20,24,25)(H2,21,22,23);1H. The maximum atomic E-state index is 11.3. The monoisotopic (exact) mass is 502 g/mol. The number of nitrogens with zero attached hydrogens (tertiary/aromatic N) is 1. The maximum Gasteiger partial charge on any atom is 0.238 e. The van der Waals surface area contributed by atoms with Crippen LogP contribution in [0.5, 0.6) is 0 Å². The Balaban J connectivity index is 0.00000364. The third-order valence-electron chi connectivity index (χ3n) is 3.96. The Kier molecular flexibility index (Phi) is 9.75. The normalized spacial score (nSPS) is 11.6. The zero-order chi connectivity index (χ0) is 19.0. The number of nitrogens with two attached hydrogens (primary N) is 1. The Morgan fingerprint density at radius 2 is 1.63 bits per heavy atom. The first kappa shape index (κ1) is 23.4. The maximum absolute atomic E-state index is 11.3. The van der Waals surface area contributed by atoms with Crippen LogP contribution in [0.4, 0.5) is 0 Å². The Morgan fingerprint density at radius 3 is 2.19 bits per heavy atom. The van der Waals surface area contributed by atoms with Crippen molar-refractivity contribution in [1.29, 1.82) is 0 Å². The summed E-state index contributed by atoms with van der Waals surface area (Å²) in [5.41, 5.74) is 3.47. The van der Waals surface area contributed by atoms with Gasteiger partial charge in [-0.25, -0.2) is 18.5 Å². The van der Waals surface area contributed by atoms with Crippen molar-refractivity contribution in [2.75, 3.05) is 6.54 Å². The van der Waals surface area contributed by atoms with Gasteiger partial charge in [0.1, 0.15) is 0 Å². The molecule has 4 N–H and O–H groups in total. The average molecular weight is 502 g/mol. The molecule has 2 aromatic rings. The fraction of sp³-hybridized carbons (Fsp3) is 0.316. The Morgan fingerprint density at radius 1 is 1.00 bits per heavy atom. The molecule has 0 aromatic heterocycles. The Hall–Kier alpha value is -1.65. The molecule has 8 heteroatoms. The van der Waals surface area contributed by atoms with Crippen LogP contribution in [0.3, 0.4) is 0 Å². The number of rotatable bonds is 7. The molecular weight excluding hydrogens is 475 g/mol. The van der Waals surface area contributed by atoms with Crippen LogP contribution < -0.4 is 15.8 Å². The van der Waals surface area contributed by atoms with E-state index in [4.69, 9.17) is 5.14 Å². The molecule has 2 aromatic carbocycles. The number of hydrogen-bond donors (Lipinski definition) is 3. The van der Waals surface area contributed by atoms with Gasteiger partial charge in [-0.15, -0.1) is 24.0 Å². The molecule has 0 atom stereocenters. The number of guanidine groups is 1. The minimum atomic E-state index is -3.67. The first-order valence-corrected chi connectivity index (χ1v) is 10.2. The van der Waals surface area contributed by atoms with Crippen LogP contribution in [-0.2, 0) is 29.5 Å². The molecule has 0 aliphatic heterocycles. The minimum Gasteiger partial charge on any atom is -0.357 e. The minimum absolute atomic E-state index is 0. The van der Waals surface area contributed by atoms with E-state index in [0.29, 0.717) is 19.0 Å². The van der Waals surface area contributed by atoms with E-state index in [1.54, 1.807) is 12.1 Å². The molecule has 0 saturated heterocycles. The van der Waals surface area contributed by atoms with E-state index in [-0.39, 0.29) is 28.9 Å². The molecule has 0 aliphatic rings. The van der Waals surface area contributed by atoms with Crippen LogP contribution in [0.15, 0.2) is 58.4 Å². The van der Waals surface area contributed by atoms with Gasteiger partial charge < -0.3 is 10.6 Å². The van der Waals surface area contributed by atoms with Crippen molar-refractivity contribution in [3.8, 4) is 0 Å². The number of aryl methyl sites for hydroxylation is 1. The zero-order valence-corrected chi connectivity index (χ0v) is 18.8. The highest BCUT2D eigenvalue weighted by molar-refractivity contribution is 14.0. The number of aliphatic imine (C=N–C) groups is 1. The van der Waals surface area contributed by atoms with Gasteiger partial charge in [-0.05, 0) is 42.2 Å². The zero-order valence-electron chi connectivity index (χ0n) is 15.6. The predicted octanol–water partition coefficient (Wildman–Crippen LogP) is 2.77. The number of sulfonamides is 1. The smallest absolute Gasteiger partial charge is 0.238 e. The highest BCUT2D eigenvalue weighted by Crippen LogP contribution is 2.10. The van der Waals surface area contributed by atoms with E-state index >= 15 is 0 Å². The predicted molar refractivity (Wildman–Crippen MR) is 121 cm³/mol. The van der Waals surface area contributed by atoms with Crippen molar-refractivity contribution < 1.29 is 8.42 Å². The first-order valence-electron chi connectivity index (χ1n) is 8.64. The second kappa shape index (κ2) is 11.3. The molecule has 0 aliphatic carbocycles. The lowest BCUT2D eigenvalue weighted by Crippen LogP contribution is -2.37. The number of nitrogens with one attached hydrogen (secondary N) is 2. The van der Waals surface area contributed by atoms with Crippen LogP contribution in [-0.4, -0.2) is 20.9 Å². The second-order valence-corrected chi connectivity index (χ2v) is 7.42. The number of benzene rings is 2. The first-order chi connectivity index (χ1) is 12.4. The van der Waals surface area contributed by atoms with Gasteiger partial charge >= 0.3 is 0 Å². The fourth-order valence-electron chi connectivity index (χ4n) is 2.55. The van der Waals surface area contributed by atoms with E-state index < -0.39 is 10.0 Å². The molecule has 27 heavy (non-hydrogen) atoms. The summed E-state index contributed by atoms with van der Waals surface area (Å²) in [6.45, 7) is 6.04. The average Bonchev–Trinajstić information content (AvgIpc) is 2.64. The molecule has 6 nitrogen and oxygen atoms in total. The van der Waals surface area contributed by atoms with Crippen molar-refractivity contribution in [2.45, 2.75) is 38.3 Å². The van der Waals surface area contributed by atoms with Crippen molar-refractivity contribution in [1.82, 2.24) is 10.6 Å². The number of halogens is 1. The van der Waals surface area contributed by atoms with Crippen LogP contribution in [0.2, 0.25) is 0 Å². The molecule has 0 radical (unpaired) electrons. The van der Waals surface area contributed by atoms with E-state index in [9.17, 15) is 8.42 Å². The largest absolute Gasteiger partial charge is 0.357 e. The summed E-state index contributed by atoms with van der Waals surface area (Å²) in [6, 6.07) is 14.8. The SMILES string of the molecule is CCNC(=NCc1ccc(S(N)(=O)=O)cc1)NCc1ccccc1CC.I. The van der Waals surface area contributed by atoms with E-state index in [0.717, 1.165) is 18.5 Å².